The van der Waals surface area contributed by atoms with E-state index in [1.165, 1.54) is 11.8 Å². The number of H-pyrrole nitrogens is 1. The molecule has 146 valence electrons. The second-order valence-electron chi connectivity index (χ2n) is 7.03. The minimum atomic E-state index is -3.02. The smallest absolute Gasteiger partial charge is 0.233 e. The zero-order valence-electron chi connectivity index (χ0n) is 14.8. The van der Waals surface area contributed by atoms with Gasteiger partial charge in [-0.1, -0.05) is 30.7 Å². The number of hydrogen-bond donors (Lipinski definition) is 1. The van der Waals surface area contributed by atoms with E-state index in [4.69, 9.17) is 0 Å². The minimum absolute atomic E-state index is 0.00327. The average Bonchev–Trinajstić information content (AvgIpc) is 3.41. The number of nitrogens with zero attached hydrogens (tertiary/aromatic N) is 3. The van der Waals surface area contributed by atoms with Crippen LogP contribution in [0.1, 0.15) is 32.1 Å². The van der Waals surface area contributed by atoms with Gasteiger partial charge in [-0.05, 0) is 30.7 Å². The fraction of sp³-hybridized carbons (Fsp3) is 0.588. The van der Waals surface area contributed by atoms with E-state index in [2.05, 4.69) is 15.2 Å². The molecule has 2 aliphatic rings. The van der Waals surface area contributed by atoms with Gasteiger partial charge in [0.05, 0.1) is 22.1 Å². The van der Waals surface area contributed by atoms with Crippen molar-refractivity contribution in [2.75, 3.05) is 17.3 Å². The van der Waals surface area contributed by atoms with Crippen molar-refractivity contribution in [1.82, 2.24) is 20.1 Å². The van der Waals surface area contributed by atoms with Crippen LogP contribution in [-0.4, -0.2) is 63.7 Å². The topological polar surface area (TPSA) is 96.0 Å². The van der Waals surface area contributed by atoms with Crippen LogP contribution < -0.4 is 0 Å². The third kappa shape index (κ3) is 4.38. The van der Waals surface area contributed by atoms with Crippen molar-refractivity contribution in [2.24, 2.45) is 0 Å². The molecule has 4 rings (SSSR count). The molecule has 1 unspecified atom stereocenters. The van der Waals surface area contributed by atoms with Crippen LogP contribution in [0.25, 0.3) is 10.7 Å². The number of hydrogen-bond acceptors (Lipinski definition) is 7. The molecule has 2 fully saturated rings. The molecule has 2 aromatic heterocycles. The lowest BCUT2D eigenvalue weighted by atomic mass is 10.1. The van der Waals surface area contributed by atoms with Crippen LogP contribution in [0.4, 0.5) is 0 Å². The highest BCUT2D eigenvalue weighted by atomic mass is 32.2. The molecule has 10 heteroatoms. The van der Waals surface area contributed by atoms with Gasteiger partial charge in [0.25, 0.3) is 0 Å². The van der Waals surface area contributed by atoms with Crippen LogP contribution in [0.2, 0.25) is 0 Å². The SMILES string of the molecule is O=C(CSc1n[nH]c(-c2cccs2)n1)N(C1CCCC1)C1CCS(=O)(=O)C1. The molecule has 1 amide bonds. The number of carbonyl (C=O) groups excluding carboxylic acids is 1. The number of amides is 1. The highest BCUT2D eigenvalue weighted by Gasteiger charge is 2.38. The van der Waals surface area contributed by atoms with E-state index in [0.717, 1.165) is 30.6 Å². The summed E-state index contributed by atoms with van der Waals surface area (Å²) in [6.07, 6.45) is 4.70. The van der Waals surface area contributed by atoms with Gasteiger partial charge in [0, 0.05) is 12.1 Å². The van der Waals surface area contributed by atoms with Gasteiger partial charge in [-0.3, -0.25) is 9.89 Å². The fourth-order valence-electron chi connectivity index (χ4n) is 3.92. The van der Waals surface area contributed by atoms with Crippen molar-refractivity contribution in [2.45, 2.75) is 49.3 Å². The van der Waals surface area contributed by atoms with Crippen molar-refractivity contribution >= 4 is 38.8 Å². The molecule has 7 nitrogen and oxygen atoms in total. The fourth-order valence-corrected chi connectivity index (χ4v) is 6.96. The molecule has 1 aliphatic carbocycles. The number of thiophene rings is 1. The lowest BCUT2D eigenvalue weighted by Crippen LogP contribution is -2.47. The van der Waals surface area contributed by atoms with Crippen molar-refractivity contribution in [3.8, 4) is 10.7 Å². The second-order valence-corrected chi connectivity index (χ2v) is 11.1. The predicted octanol–water partition coefficient (Wildman–Crippen LogP) is 2.58. The summed E-state index contributed by atoms with van der Waals surface area (Å²) < 4.78 is 23.8. The second kappa shape index (κ2) is 7.92. The normalized spacial score (nSPS) is 22.3. The van der Waals surface area contributed by atoms with Gasteiger partial charge in [-0.15, -0.1) is 16.4 Å². The number of carbonyl (C=O) groups is 1. The van der Waals surface area contributed by atoms with Crippen molar-refractivity contribution in [3.05, 3.63) is 17.5 Å². The minimum Gasteiger partial charge on any atom is -0.335 e. The van der Waals surface area contributed by atoms with Crippen molar-refractivity contribution < 1.29 is 13.2 Å². The first-order valence-corrected chi connectivity index (χ1v) is 12.8. The number of thioether (sulfide) groups is 1. The average molecular weight is 427 g/mol. The summed E-state index contributed by atoms with van der Waals surface area (Å²) in [6, 6.07) is 3.91. The Labute approximate surface area is 166 Å². The van der Waals surface area contributed by atoms with E-state index < -0.39 is 9.84 Å². The summed E-state index contributed by atoms with van der Waals surface area (Å²) in [5.41, 5.74) is 0. The molecule has 1 atom stereocenters. The third-order valence-electron chi connectivity index (χ3n) is 5.15. The first-order chi connectivity index (χ1) is 13.0. The number of nitrogens with one attached hydrogen (secondary N) is 1. The van der Waals surface area contributed by atoms with Crippen LogP contribution >= 0.6 is 23.1 Å². The molecule has 0 spiro atoms. The Morgan fingerprint density at radius 1 is 1.30 bits per heavy atom. The van der Waals surface area contributed by atoms with Crippen LogP contribution in [0, 0.1) is 0 Å². The van der Waals surface area contributed by atoms with Gasteiger partial charge in [-0.2, -0.15) is 0 Å². The van der Waals surface area contributed by atoms with Crippen LogP contribution in [0.3, 0.4) is 0 Å². The lowest BCUT2D eigenvalue weighted by Gasteiger charge is -2.34. The van der Waals surface area contributed by atoms with Gasteiger partial charge < -0.3 is 4.90 Å². The zero-order chi connectivity index (χ0) is 18.9. The third-order valence-corrected chi connectivity index (χ3v) is 8.61. The molecule has 2 aromatic rings. The molecule has 27 heavy (non-hydrogen) atoms. The van der Waals surface area contributed by atoms with Gasteiger partial charge >= 0.3 is 0 Å². The molecule has 1 aliphatic heterocycles. The molecular formula is C17H22N4O3S3. The highest BCUT2D eigenvalue weighted by Crippen LogP contribution is 2.30. The first kappa shape index (κ1) is 18.9. The summed E-state index contributed by atoms with van der Waals surface area (Å²) >= 11 is 2.88. The monoisotopic (exact) mass is 426 g/mol. The maximum Gasteiger partial charge on any atom is 0.233 e. The maximum atomic E-state index is 13.0. The van der Waals surface area contributed by atoms with Crippen LogP contribution in [-0.2, 0) is 14.6 Å². The summed E-state index contributed by atoms with van der Waals surface area (Å²) in [5, 5.41) is 9.61. The Kier molecular flexibility index (Phi) is 5.56. The Hall–Kier alpha value is -1.39. The van der Waals surface area contributed by atoms with Gasteiger partial charge in [0.15, 0.2) is 15.7 Å². The van der Waals surface area contributed by atoms with E-state index in [-0.39, 0.29) is 35.2 Å². The Morgan fingerprint density at radius 3 is 2.78 bits per heavy atom. The van der Waals surface area contributed by atoms with Gasteiger partial charge in [0.1, 0.15) is 0 Å². The number of sulfone groups is 1. The Balaban J connectivity index is 1.42. The predicted molar refractivity (Wildman–Crippen MR) is 107 cm³/mol. The van der Waals surface area contributed by atoms with Crippen molar-refractivity contribution in [3.63, 3.8) is 0 Å². The zero-order valence-corrected chi connectivity index (χ0v) is 17.3. The molecule has 3 heterocycles. The van der Waals surface area contributed by atoms with E-state index >= 15 is 0 Å². The van der Waals surface area contributed by atoms with Crippen LogP contribution in [0.5, 0.6) is 0 Å². The molecule has 0 radical (unpaired) electrons. The molecule has 1 saturated carbocycles. The first-order valence-electron chi connectivity index (χ1n) is 9.12. The summed E-state index contributed by atoms with van der Waals surface area (Å²) in [6.45, 7) is 0. The van der Waals surface area contributed by atoms with E-state index in [0.29, 0.717) is 17.4 Å². The van der Waals surface area contributed by atoms with E-state index in [1.54, 1.807) is 11.3 Å². The summed E-state index contributed by atoms with van der Waals surface area (Å²) in [5.74, 6) is 1.22. The molecule has 0 bridgehead atoms. The summed E-state index contributed by atoms with van der Waals surface area (Å²) in [4.78, 5) is 20.3. The standard InChI is InChI=1S/C17H22N4O3S3/c22-15(10-26-17-18-16(19-20-17)14-6-3-8-25-14)21(12-4-1-2-5-12)13-7-9-27(23,24)11-13/h3,6,8,12-13H,1-2,4-5,7,9-11H2,(H,18,19,20). The lowest BCUT2D eigenvalue weighted by molar-refractivity contribution is -0.132. The highest BCUT2D eigenvalue weighted by molar-refractivity contribution is 7.99. The number of rotatable bonds is 6. The molecular weight excluding hydrogens is 404 g/mol. The Bertz CT molecular complexity index is 888. The van der Waals surface area contributed by atoms with E-state index in [9.17, 15) is 13.2 Å². The largest absolute Gasteiger partial charge is 0.335 e. The Morgan fingerprint density at radius 2 is 2.11 bits per heavy atom. The number of aromatic nitrogens is 3. The van der Waals surface area contributed by atoms with Crippen LogP contribution in [0.15, 0.2) is 22.7 Å². The number of aromatic amines is 1. The van der Waals surface area contributed by atoms with Crippen molar-refractivity contribution in [1.29, 1.82) is 0 Å². The summed E-state index contributed by atoms with van der Waals surface area (Å²) in [7, 11) is -3.02. The van der Waals surface area contributed by atoms with E-state index in [1.807, 2.05) is 22.4 Å². The molecule has 1 saturated heterocycles. The molecule has 0 aromatic carbocycles. The van der Waals surface area contributed by atoms with Gasteiger partial charge in [0.2, 0.25) is 11.1 Å². The maximum absolute atomic E-state index is 13.0. The molecule has 1 N–H and O–H groups in total. The quantitative estimate of drug-likeness (QED) is 0.713. The van der Waals surface area contributed by atoms with Gasteiger partial charge in [-0.25, -0.2) is 13.4 Å².